The molecule has 342 valence electrons. The van der Waals surface area contributed by atoms with E-state index in [1.54, 1.807) is 31.6 Å². The molecule has 20 heteroatoms. The van der Waals surface area contributed by atoms with E-state index in [-0.39, 0.29) is 41.8 Å². The Balaban J connectivity index is 0.827. The minimum Gasteiger partial charge on any atom is -0.372 e. The van der Waals surface area contributed by atoms with Gasteiger partial charge in [0.05, 0.1) is 29.7 Å². The average Bonchev–Trinajstić information content (AvgIpc) is 3.74. The van der Waals surface area contributed by atoms with E-state index < -0.39 is 44.9 Å². The van der Waals surface area contributed by atoms with E-state index in [9.17, 15) is 27.6 Å². The Morgan fingerprint density at radius 3 is 2.32 bits per heavy atom. The number of rotatable bonds is 14. The van der Waals surface area contributed by atoms with E-state index in [0.29, 0.717) is 54.6 Å². The molecule has 3 fully saturated rings. The molecule has 3 aliphatic heterocycles. The second-order valence-electron chi connectivity index (χ2n) is 16.8. The quantitative estimate of drug-likeness (QED) is 0.0888. The molecule has 65 heavy (non-hydrogen) atoms. The number of H-pyrrole nitrogens is 1. The van der Waals surface area contributed by atoms with Gasteiger partial charge < -0.3 is 20.1 Å². The lowest BCUT2D eigenvalue weighted by molar-refractivity contribution is -0.134. The molecule has 0 bridgehead atoms. The summed E-state index contributed by atoms with van der Waals surface area (Å²) < 4.78 is 58.8. The molecule has 17 nitrogen and oxygen atoms in total. The average molecular weight is 912 g/mol. The van der Waals surface area contributed by atoms with Crippen molar-refractivity contribution >= 4 is 61.9 Å². The number of amides is 3. The Bertz CT molecular complexity index is 2700. The third-order valence-corrected chi connectivity index (χ3v) is 14.3. The van der Waals surface area contributed by atoms with Crippen molar-refractivity contribution in [1.29, 1.82) is 0 Å². The summed E-state index contributed by atoms with van der Waals surface area (Å²) in [6, 6.07) is 10.8. The number of nitrogens with one attached hydrogen (secondary N) is 4. The number of piperidine rings is 3. The first-order valence-corrected chi connectivity index (χ1v) is 23.1. The standard InChI is InChI=1S/C45H51F2N11O6S/c1-4-55(2)65(63,64)54-36-9-7-34(46)41(42(36)47)43(61)33-25-51-44-32(33)21-29(23-50-44)28-5-11-38(49-22-28)58-19-15-31(16-20-58)56(3)40(60)26-57-17-13-27(14-18-57)35-8-6-30(24-48-35)52-37-10-12-39(59)53-45(37)62/h5-9,11,21-25,27,31,37,52,54H,4,10,12-20,26H2,1-3H3,(H,50,51)(H,53,59,62). The first-order chi connectivity index (χ1) is 31.2. The van der Waals surface area contributed by atoms with Gasteiger partial charge in [-0.3, -0.25) is 39.1 Å². The van der Waals surface area contributed by atoms with Gasteiger partial charge in [-0.2, -0.15) is 12.7 Å². The minimum absolute atomic E-state index is 0.0434. The summed E-state index contributed by atoms with van der Waals surface area (Å²) in [5, 5.41) is 5.84. The number of imide groups is 1. The molecule has 0 saturated carbocycles. The molecule has 3 saturated heterocycles. The molecule has 0 radical (unpaired) electrons. The van der Waals surface area contributed by atoms with Gasteiger partial charge in [0, 0.05) is 98.5 Å². The van der Waals surface area contributed by atoms with Crippen molar-refractivity contribution in [1.82, 2.24) is 39.4 Å². The third kappa shape index (κ3) is 9.84. The van der Waals surface area contributed by atoms with Crippen molar-refractivity contribution in [2.24, 2.45) is 0 Å². The number of carbonyl (C=O) groups excluding carboxylic acids is 4. The number of pyridine rings is 3. The Hall–Kier alpha value is -6.38. The van der Waals surface area contributed by atoms with E-state index in [4.69, 9.17) is 4.98 Å². The van der Waals surface area contributed by atoms with Crippen LogP contribution in [0.3, 0.4) is 0 Å². The maximum atomic E-state index is 15.6. The molecule has 0 aliphatic carbocycles. The Labute approximate surface area is 375 Å². The first kappa shape index (κ1) is 45.2. The van der Waals surface area contributed by atoms with Gasteiger partial charge in [-0.05, 0) is 87.7 Å². The fraction of sp³-hybridized carbons (Fsp3) is 0.400. The summed E-state index contributed by atoms with van der Waals surface area (Å²) in [5.41, 5.74) is 1.85. The molecule has 1 unspecified atom stereocenters. The van der Waals surface area contributed by atoms with Crippen LogP contribution < -0.4 is 20.3 Å². The van der Waals surface area contributed by atoms with E-state index in [0.717, 1.165) is 72.4 Å². The topological polar surface area (TPSA) is 206 Å². The summed E-state index contributed by atoms with van der Waals surface area (Å²) in [7, 11) is -0.967. The summed E-state index contributed by atoms with van der Waals surface area (Å²) in [4.78, 5) is 73.6. The largest absolute Gasteiger partial charge is 0.372 e. The number of likely N-dealkylation sites (tertiary alicyclic amines) is 1. The highest BCUT2D eigenvalue weighted by Gasteiger charge is 2.31. The lowest BCUT2D eigenvalue weighted by Gasteiger charge is -2.38. The number of ketones is 1. The molecule has 4 N–H and O–H groups in total. The monoisotopic (exact) mass is 911 g/mol. The molecule has 4 aromatic heterocycles. The highest BCUT2D eigenvalue weighted by molar-refractivity contribution is 7.90. The zero-order valence-electron chi connectivity index (χ0n) is 36.3. The van der Waals surface area contributed by atoms with E-state index >= 15 is 8.78 Å². The number of aromatic nitrogens is 4. The third-order valence-electron chi connectivity index (χ3n) is 12.7. The summed E-state index contributed by atoms with van der Waals surface area (Å²) >= 11 is 0. The fourth-order valence-corrected chi connectivity index (χ4v) is 9.53. The summed E-state index contributed by atoms with van der Waals surface area (Å²) in [6.45, 7) is 5.05. The van der Waals surface area contributed by atoms with Gasteiger partial charge >= 0.3 is 10.2 Å². The number of aromatic amines is 1. The van der Waals surface area contributed by atoms with Crippen LogP contribution in [0.5, 0.6) is 0 Å². The van der Waals surface area contributed by atoms with Gasteiger partial charge in [0.15, 0.2) is 5.82 Å². The number of hydrogen-bond acceptors (Lipinski definition) is 12. The van der Waals surface area contributed by atoms with Crippen molar-refractivity contribution in [3.63, 3.8) is 0 Å². The van der Waals surface area contributed by atoms with Crippen molar-refractivity contribution in [2.45, 2.75) is 63.5 Å². The number of hydrogen-bond donors (Lipinski definition) is 4. The van der Waals surface area contributed by atoms with Crippen LogP contribution >= 0.6 is 0 Å². The molecule has 0 spiro atoms. The number of anilines is 3. The SMILES string of the molecule is CCN(C)S(=O)(=O)Nc1ccc(F)c(C(=O)c2c[nH]c3ncc(-c4ccc(N5CCC(N(C)C(=O)CN6CCC(c7ccc(NC8CCC(=O)NC8=O)cn7)CC6)CC5)nc4)cc23)c1F. The maximum absolute atomic E-state index is 15.6. The van der Waals surface area contributed by atoms with Crippen molar-refractivity contribution in [3.05, 3.63) is 95.7 Å². The summed E-state index contributed by atoms with van der Waals surface area (Å²) in [5.74, 6) is -2.89. The molecule has 3 amide bonds. The predicted molar refractivity (Wildman–Crippen MR) is 240 cm³/mol. The normalized spacial score (nSPS) is 17.9. The van der Waals surface area contributed by atoms with Crippen molar-refractivity contribution in [2.75, 3.05) is 68.3 Å². The van der Waals surface area contributed by atoms with Gasteiger partial charge in [-0.15, -0.1) is 0 Å². The van der Waals surface area contributed by atoms with Gasteiger partial charge in [0.1, 0.15) is 23.3 Å². The lowest BCUT2D eigenvalue weighted by Crippen LogP contribution is -2.49. The van der Waals surface area contributed by atoms with Crippen LogP contribution in [0, 0.1) is 11.6 Å². The van der Waals surface area contributed by atoms with Crippen molar-refractivity contribution < 1.29 is 36.4 Å². The van der Waals surface area contributed by atoms with Gasteiger partial charge in [0.2, 0.25) is 23.5 Å². The maximum Gasteiger partial charge on any atom is 0.301 e. The van der Waals surface area contributed by atoms with Crippen LogP contribution in [0.1, 0.15) is 73.0 Å². The number of fused-ring (bicyclic) bond motifs is 1. The van der Waals surface area contributed by atoms with E-state index in [1.807, 2.05) is 36.2 Å². The van der Waals surface area contributed by atoms with E-state index in [1.165, 1.54) is 13.2 Å². The molecular weight excluding hydrogens is 861 g/mol. The molecule has 5 aromatic rings. The first-order valence-electron chi connectivity index (χ1n) is 21.7. The van der Waals surface area contributed by atoms with E-state index in [2.05, 4.69) is 40.1 Å². The molecule has 3 aliphatic rings. The van der Waals surface area contributed by atoms with Crippen LogP contribution in [0.15, 0.2) is 67.3 Å². The number of nitrogens with zero attached hydrogens (tertiary/aromatic N) is 7. The Kier molecular flexibility index (Phi) is 13.2. The smallest absolute Gasteiger partial charge is 0.301 e. The summed E-state index contributed by atoms with van der Waals surface area (Å²) in [6.07, 6.45) is 10.4. The second-order valence-corrected chi connectivity index (χ2v) is 18.5. The lowest BCUT2D eigenvalue weighted by atomic mass is 9.93. The van der Waals surface area contributed by atoms with Gasteiger partial charge in [0.25, 0.3) is 0 Å². The highest BCUT2D eigenvalue weighted by atomic mass is 32.2. The van der Waals surface area contributed by atoms with Crippen LogP contribution in [0.4, 0.5) is 26.0 Å². The number of likely N-dealkylation sites (N-methyl/N-ethyl adjacent to an activating group) is 1. The Morgan fingerprint density at radius 2 is 1.65 bits per heavy atom. The molecule has 7 heterocycles. The minimum atomic E-state index is -4.15. The number of carbonyl (C=O) groups is 4. The molecular formula is C45H51F2N11O6S. The fourth-order valence-electron chi connectivity index (χ4n) is 8.59. The van der Waals surface area contributed by atoms with Crippen LogP contribution in [-0.2, 0) is 24.6 Å². The highest BCUT2D eigenvalue weighted by Crippen LogP contribution is 2.32. The zero-order chi connectivity index (χ0) is 46.0. The van der Waals surface area contributed by atoms with Gasteiger partial charge in [-0.25, -0.2) is 18.7 Å². The number of halogens is 2. The number of benzene rings is 1. The van der Waals surface area contributed by atoms with Gasteiger partial charge in [-0.1, -0.05) is 6.92 Å². The van der Waals surface area contributed by atoms with Crippen LogP contribution in [0.25, 0.3) is 22.2 Å². The van der Waals surface area contributed by atoms with Crippen LogP contribution in [0.2, 0.25) is 0 Å². The zero-order valence-corrected chi connectivity index (χ0v) is 37.1. The van der Waals surface area contributed by atoms with Crippen molar-refractivity contribution in [3.8, 4) is 11.1 Å². The predicted octanol–water partition coefficient (Wildman–Crippen LogP) is 4.66. The molecule has 1 aromatic carbocycles. The Morgan fingerprint density at radius 1 is 0.892 bits per heavy atom. The van der Waals surface area contributed by atoms with Crippen LogP contribution in [-0.4, -0.2) is 131 Å². The molecule has 8 rings (SSSR count). The second kappa shape index (κ2) is 19.0. The molecule has 1 atom stereocenters.